The highest BCUT2D eigenvalue weighted by molar-refractivity contribution is 7.85. The zero-order valence-corrected chi connectivity index (χ0v) is 7.95. The van der Waals surface area contributed by atoms with Gasteiger partial charge in [0.15, 0.2) is 0 Å². The van der Waals surface area contributed by atoms with Crippen LogP contribution in [0.5, 0.6) is 5.75 Å². The fourth-order valence-corrected chi connectivity index (χ4v) is 0.919. The molecular weight excluding hydrogens is 192 g/mol. The molecule has 4 nitrogen and oxygen atoms in total. The first-order valence-electron chi connectivity index (χ1n) is 3.60. The molecule has 0 N–H and O–H groups in total. The highest BCUT2D eigenvalue weighted by Crippen LogP contribution is 2.08. The molecule has 0 bridgehead atoms. The fourth-order valence-electron chi connectivity index (χ4n) is 0.696. The lowest BCUT2D eigenvalue weighted by molar-refractivity contribution is 0.127. The van der Waals surface area contributed by atoms with Crippen LogP contribution in [-0.2, 0) is 14.3 Å². The van der Waals surface area contributed by atoms with Crippen molar-refractivity contribution in [1.82, 2.24) is 0 Å². The van der Waals surface area contributed by atoms with E-state index in [9.17, 15) is 8.42 Å². The average Bonchev–Trinajstić information content (AvgIpc) is 2.04. The Kier molecular flexibility index (Phi) is 3.27. The summed E-state index contributed by atoms with van der Waals surface area (Å²) >= 11 is 0. The molecule has 0 saturated carbocycles. The molecule has 0 aliphatic rings. The molecule has 13 heavy (non-hydrogen) atoms. The fraction of sp³-hybridized carbons (Fsp3) is 0.250. The van der Waals surface area contributed by atoms with E-state index in [0.717, 1.165) is 6.26 Å². The van der Waals surface area contributed by atoms with Gasteiger partial charge >= 0.3 is 0 Å². The van der Waals surface area contributed by atoms with Gasteiger partial charge in [0.25, 0.3) is 10.1 Å². The van der Waals surface area contributed by atoms with Gasteiger partial charge in [-0.25, -0.2) is 4.18 Å². The van der Waals surface area contributed by atoms with Gasteiger partial charge in [0.05, 0.1) is 6.26 Å². The van der Waals surface area contributed by atoms with Crippen LogP contribution in [0.4, 0.5) is 0 Å². The Bertz CT molecular complexity index is 344. The van der Waals surface area contributed by atoms with Crippen molar-refractivity contribution in [3.8, 4) is 5.75 Å². The highest BCUT2D eigenvalue weighted by Gasteiger charge is 2.00. The van der Waals surface area contributed by atoms with Crippen molar-refractivity contribution < 1.29 is 17.3 Å². The summed E-state index contributed by atoms with van der Waals surface area (Å²) < 4.78 is 30.4. The topological polar surface area (TPSA) is 52.6 Å². The number of ether oxygens (including phenoxy) is 1. The van der Waals surface area contributed by atoms with Crippen molar-refractivity contribution in [1.29, 1.82) is 0 Å². The zero-order valence-electron chi connectivity index (χ0n) is 7.14. The molecule has 0 heterocycles. The van der Waals surface area contributed by atoms with Crippen molar-refractivity contribution in [3.05, 3.63) is 30.3 Å². The second-order valence-corrected chi connectivity index (χ2v) is 4.04. The smallest absolute Gasteiger partial charge is 0.267 e. The third kappa shape index (κ3) is 4.49. The van der Waals surface area contributed by atoms with Crippen LogP contribution < -0.4 is 4.74 Å². The summed E-state index contributed by atoms with van der Waals surface area (Å²) in [5, 5.41) is 0. The molecule has 0 atom stereocenters. The molecular formula is C8H10O4S. The summed E-state index contributed by atoms with van der Waals surface area (Å²) in [6.07, 6.45) is 0.974. The molecule has 0 radical (unpaired) electrons. The van der Waals surface area contributed by atoms with Gasteiger partial charge in [-0.1, -0.05) is 18.2 Å². The van der Waals surface area contributed by atoms with Crippen LogP contribution in [0.25, 0.3) is 0 Å². The van der Waals surface area contributed by atoms with Crippen LogP contribution in [-0.4, -0.2) is 21.5 Å². The van der Waals surface area contributed by atoms with Gasteiger partial charge in [-0.3, -0.25) is 0 Å². The second-order valence-electron chi connectivity index (χ2n) is 2.40. The van der Waals surface area contributed by atoms with Gasteiger partial charge in [-0.2, -0.15) is 8.42 Å². The molecule has 0 saturated heterocycles. The quantitative estimate of drug-likeness (QED) is 0.540. The molecule has 0 aliphatic heterocycles. The van der Waals surface area contributed by atoms with Gasteiger partial charge in [-0.15, -0.1) is 0 Å². The van der Waals surface area contributed by atoms with E-state index in [4.69, 9.17) is 4.74 Å². The maximum Gasteiger partial charge on any atom is 0.267 e. The van der Waals surface area contributed by atoms with Crippen LogP contribution in [0.15, 0.2) is 30.3 Å². The van der Waals surface area contributed by atoms with Crippen molar-refractivity contribution in [2.75, 3.05) is 13.0 Å². The lowest BCUT2D eigenvalue weighted by Crippen LogP contribution is -2.08. The van der Waals surface area contributed by atoms with E-state index in [1.807, 2.05) is 6.07 Å². The van der Waals surface area contributed by atoms with E-state index in [1.54, 1.807) is 24.3 Å². The Labute approximate surface area is 77.2 Å². The van der Waals surface area contributed by atoms with Crippen molar-refractivity contribution in [2.24, 2.45) is 0 Å². The largest absolute Gasteiger partial charge is 0.466 e. The van der Waals surface area contributed by atoms with Crippen molar-refractivity contribution in [2.45, 2.75) is 0 Å². The van der Waals surface area contributed by atoms with Gasteiger partial charge in [0.2, 0.25) is 6.79 Å². The molecule has 5 heteroatoms. The molecule has 0 aromatic heterocycles. The summed E-state index contributed by atoms with van der Waals surface area (Å²) in [4.78, 5) is 0. The lowest BCUT2D eigenvalue weighted by Gasteiger charge is -2.04. The van der Waals surface area contributed by atoms with Gasteiger partial charge in [0, 0.05) is 0 Å². The van der Waals surface area contributed by atoms with E-state index < -0.39 is 10.1 Å². The molecule has 1 aromatic rings. The van der Waals surface area contributed by atoms with E-state index >= 15 is 0 Å². The van der Waals surface area contributed by atoms with Crippen LogP contribution in [0, 0.1) is 0 Å². The minimum Gasteiger partial charge on any atom is -0.466 e. The van der Waals surface area contributed by atoms with E-state index in [0.29, 0.717) is 5.75 Å². The molecule has 0 unspecified atom stereocenters. The first-order valence-corrected chi connectivity index (χ1v) is 5.42. The third-order valence-corrected chi connectivity index (χ3v) is 1.76. The summed E-state index contributed by atoms with van der Waals surface area (Å²) in [5.74, 6) is 0.575. The molecule has 1 rings (SSSR count). The highest BCUT2D eigenvalue weighted by atomic mass is 32.2. The minimum atomic E-state index is -3.42. The van der Waals surface area contributed by atoms with Crippen molar-refractivity contribution in [3.63, 3.8) is 0 Å². The maximum absolute atomic E-state index is 10.5. The van der Waals surface area contributed by atoms with Gasteiger partial charge in [-0.05, 0) is 12.1 Å². The monoisotopic (exact) mass is 202 g/mol. The van der Waals surface area contributed by atoms with E-state index in [-0.39, 0.29) is 6.79 Å². The Morgan fingerprint density at radius 1 is 1.23 bits per heavy atom. The van der Waals surface area contributed by atoms with E-state index in [2.05, 4.69) is 4.18 Å². The summed E-state index contributed by atoms with van der Waals surface area (Å²) in [6.45, 7) is -0.289. The summed E-state index contributed by atoms with van der Waals surface area (Å²) in [5.41, 5.74) is 0. The summed E-state index contributed by atoms with van der Waals surface area (Å²) in [6, 6.07) is 8.84. The standard InChI is InChI=1S/C8H10O4S/c1-13(9,10)12-7-11-8-5-3-2-4-6-8/h2-6H,7H2,1H3. The number of para-hydroxylation sites is 1. The predicted octanol–water partition coefficient (Wildman–Crippen LogP) is 0.999. The van der Waals surface area contributed by atoms with Gasteiger partial charge < -0.3 is 4.74 Å². The Morgan fingerprint density at radius 3 is 2.38 bits per heavy atom. The number of rotatable bonds is 4. The van der Waals surface area contributed by atoms with Crippen LogP contribution in [0.2, 0.25) is 0 Å². The van der Waals surface area contributed by atoms with Crippen LogP contribution in [0.1, 0.15) is 0 Å². The average molecular weight is 202 g/mol. The predicted molar refractivity (Wildman–Crippen MR) is 47.9 cm³/mol. The van der Waals surface area contributed by atoms with Crippen LogP contribution in [0.3, 0.4) is 0 Å². The first kappa shape index (κ1) is 10.0. The molecule has 1 aromatic carbocycles. The molecule has 0 aliphatic carbocycles. The molecule has 72 valence electrons. The third-order valence-electron chi connectivity index (χ3n) is 1.23. The van der Waals surface area contributed by atoms with Crippen molar-refractivity contribution >= 4 is 10.1 Å². The zero-order chi connectivity index (χ0) is 9.73. The molecule has 0 spiro atoms. The molecule has 0 amide bonds. The lowest BCUT2D eigenvalue weighted by atomic mass is 10.3. The number of hydrogen-bond acceptors (Lipinski definition) is 4. The van der Waals surface area contributed by atoms with Crippen LogP contribution >= 0.6 is 0 Å². The van der Waals surface area contributed by atoms with Gasteiger partial charge in [0.1, 0.15) is 5.75 Å². The minimum absolute atomic E-state index is 0.289. The Balaban J connectivity index is 2.37. The number of hydrogen-bond donors (Lipinski definition) is 0. The first-order chi connectivity index (χ1) is 6.08. The van der Waals surface area contributed by atoms with E-state index in [1.165, 1.54) is 0 Å². The Hall–Kier alpha value is -1.07. The number of benzene rings is 1. The Morgan fingerprint density at radius 2 is 1.85 bits per heavy atom. The summed E-state index contributed by atoms with van der Waals surface area (Å²) in [7, 11) is -3.42. The SMILES string of the molecule is CS(=O)(=O)OCOc1ccccc1. The normalized spacial score (nSPS) is 11.2. The second kappa shape index (κ2) is 4.25. The molecule has 0 fully saturated rings. The maximum atomic E-state index is 10.5.